The summed E-state index contributed by atoms with van der Waals surface area (Å²) in [6, 6.07) is 6.62. The molecular formula is C12H12O4. The van der Waals surface area contributed by atoms with Gasteiger partial charge in [-0.05, 0) is 30.3 Å². The molecule has 1 aromatic rings. The van der Waals surface area contributed by atoms with E-state index in [1.54, 1.807) is 31.4 Å². The zero-order chi connectivity index (χ0) is 12.0. The average molecular weight is 220 g/mol. The highest BCUT2D eigenvalue weighted by atomic mass is 16.5. The van der Waals surface area contributed by atoms with Crippen molar-refractivity contribution in [2.75, 3.05) is 14.2 Å². The Labute approximate surface area is 93.5 Å². The van der Waals surface area contributed by atoms with Crippen LogP contribution in [0.1, 0.15) is 10.4 Å². The van der Waals surface area contributed by atoms with Crippen LogP contribution in [-0.2, 0) is 9.53 Å². The van der Waals surface area contributed by atoms with Crippen molar-refractivity contribution >= 4 is 11.8 Å². The molecule has 0 aliphatic carbocycles. The van der Waals surface area contributed by atoms with Gasteiger partial charge >= 0.3 is 5.97 Å². The molecule has 0 N–H and O–H groups in total. The van der Waals surface area contributed by atoms with E-state index in [-0.39, 0.29) is 5.78 Å². The number of ketones is 1. The van der Waals surface area contributed by atoms with Gasteiger partial charge in [-0.25, -0.2) is 4.79 Å². The molecule has 0 heterocycles. The van der Waals surface area contributed by atoms with Gasteiger partial charge < -0.3 is 9.47 Å². The van der Waals surface area contributed by atoms with Crippen molar-refractivity contribution < 1.29 is 19.1 Å². The molecule has 0 bridgehead atoms. The van der Waals surface area contributed by atoms with Crippen molar-refractivity contribution in [3.63, 3.8) is 0 Å². The molecule has 0 saturated carbocycles. The Morgan fingerprint density at radius 2 is 1.69 bits per heavy atom. The van der Waals surface area contributed by atoms with Crippen LogP contribution in [0.5, 0.6) is 5.75 Å². The lowest BCUT2D eigenvalue weighted by molar-refractivity contribution is -0.134. The maximum atomic E-state index is 11.5. The van der Waals surface area contributed by atoms with Gasteiger partial charge in [0.05, 0.1) is 14.2 Å². The minimum Gasteiger partial charge on any atom is -0.497 e. The lowest BCUT2D eigenvalue weighted by Gasteiger charge is -1.99. The Morgan fingerprint density at radius 1 is 1.06 bits per heavy atom. The molecule has 0 amide bonds. The van der Waals surface area contributed by atoms with Crippen LogP contribution < -0.4 is 4.74 Å². The number of hydrogen-bond donors (Lipinski definition) is 0. The standard InChI is InChI=1S/C12H12O4/c1-15-10-5-3-9(4-6-10)11(13)7-8-12(14)16-2/h3-8H,1-2H3/b8-7-. The molecule has 1 rings (SSSR count). The fourth-order valence-electron chi connectivity index (χ4n) is 1.06. The smallest absolute Gasteiger partial charge is 0.330 e. The quantitative estimate of drug-likeness (QED) is 0.439. The molecule has 0 aromatic heterocycles. The zero-order valence-electron chi connectivity index (χ0n) is 9.10. The lowest BCUT2D eigenvalue weighted by Crippen LogP contribution is -1.98. The Balaban J connectivity index is 2.73. The van der Waals surface area contributed by atoms with Crippen LogP contribution in [0.2, 0.25) is 0 Å². The molecule has 0 spiro atoms. The normalized spacial score (nSPS) is 10.1. The van der Waals surface area contributed by atoms with Crippen LogP contribution in [-0.4, -0.2) is 26.0 Å². The van der Waals surface area contributed by atoms with Gasteiger partial charge in [-0.3, -0.25) is 4.79 Å². The van der Waals surface area contributed by atoms with E-state index in [1.807, 2.05) is 0 Å². The number of allylic oxidation sites excluding steroid dienone is 1. The Kier molecular flexibility index (Phi) is 4.27. The van der Waals surface area contributed by atoms with Crippen LogP contribution in [0.4, 0.5) is 0 Å². The monoisotopic (exact) mass is 220 g/mol. The second kappa shape index (κ2) is 5.70. The summed E-state index contributed by atoms with van der Waals surface area (Å²) in [5.41, 5.74) is 0.487. The Hall–Kier alpha value is -2.10. The average Bonchev–Trinajstić information content (AvgIpc) is 2.35. The maximum absolute atomic E-state index is 11.5. The van der Waals surface area contributed by atoms with Crippen molar-refractivity contribution in [1.82, 2.24) is 0 Å². The molecule has 16 heavy (non-hydrogen) atoms. The van der Waals surface area contributed by atoms with E-state index in [1.165, 1.54) is 13.2 Å². The molecule has 0 aliphatic heterocycles. The minimum absolute atomic E-state index is 0.256. The summed E-state index contributed by atoms with van der Waals surface area (Å²) in [6.45, 7) is 0. The number of carbonyl (C=O) groups is 2. The van der Waals surface area contributed by atoms with Crippen LogP contribution >= 0.6 is 0 Å². The van der Waals surface area contributed by atoms with Crippen LogP contribution in [0, 0.1) is 0 Å². The van der Waals surface area contributed by atoms with E-state index in [2.05, 4.69) is 4.74 Å². The second-order valence-electron chi connectivity index (χ2n) is 2.95. The van der Waals surface area contributed by atoms with Gasteiger partial charge in [0.25, 0.3) is 0 Å². The predicted octanol–water partition coefficient (Wildman–Crippen LogP) is 1.61. The summed E-state index contributed by atoms with van der Waals surface area (Å²) in [5.74, 6) is -0.136. The van der Waals surface area contributed by atoms with Gasteiger partial charge in [-0.1, -0.05) is 0 Å². The number of benzene rings is 1. The fourth-order valence-corrected chi connectivity index (χ4v) is 1.06. The molecule has 0 fully saturated rings. The molecular weight excluding hydrogens is 208 g/mol. The van der Waals surface area contributed by atoms with Crippen molar-refractivity contribution in [2.45, 2.75) is 0 Å². The highest BCUT2D eigenvalue weighted by Gasteiger charge is 2.02. The lowest BCUT2D eigenvalue weighted by atomic mass is 10.1. The Morgan fingerprint density at radius 3 is 2.19 bits per heavy atom. The van der Waals surface area contributed by atoms with E-state index < -0.39 is 5.97 Å². The molecule has 4 nitrogen and oxygen atoms in total. The summed E-state index contributed by atoms with van der Waals surface area (Å²) in [7, 11) is 2.80. The van der Waals surface area contributed by atoms with Gasteiger partial charge in [0.1, 0.15) is 5.75 Å². The van der Waals surface area contributed by atoms with Gasteiger partial charge in [0.15, 0.2) is 5.78 Å². The molecule has 4 heteroatoms. The minimum atomic E-state index is -0.554. The topological polar surface area (TPSA) is 52.6 Å². The first-order valence-corrected chi connectivity index (χ1v) is 4.62. The first kappa shape index (κ1) is 12.0. The third-order valence-corrected chi connectivity index (χ3v) is 1.95. The zero-order valence-corrected chi connectivity index (χ0v) is 9.10. The third kappa shape index (κ3) is 3.24. The van der Waals surface area contributed by atoms with E-state index in [0.29, 0.717) is 11.3 Å². The van der Waals surface area contributed by atoms with E-state index in [9.17, 15) is 9.59 Å². The molecule has 0 unspecified atom stereocenters. The van der Waals surface area contributed by atoms with Gasteiger partial charge in [0, 0.05) is 11.6 Å². The Bertz CT molecular complexity index is 404. The molecule has 1 aromatic carbocycles. The van der Waals surface area contributed by atoms with Crippen molar-refractivity contribution in [1.29, 1.82) is 0 Å². The molecule has 0 aliphatic rings. The van der Waals surface area contributed by atoms with Gasteiger partial charge in [0.2, 0.25) is 0 Å². The van der Waals surface area contributed by atoms with E-state index in [0.717, 1.165) is 6.08 Å². The summed E-state index contributed by atoms with van der Waals surface area (Å²) < 4.78 is 9.34. The van der Waals surface area contributed by atoms with Crippen molar-refractivity contribution in [3.8, 4) is 5.75 Å². The first-order chi connectivity index (χ1) is 7.67. The van der Waals surface area contributed by atoms with Crippen LogP contribution in [0.15, 0.2) is 36.4 Å². The number of carbonyl (C=O) groups excluding carboxylic acids is 2. The maximum Gasteiger partial charge on any atom is 0.330 e. The number of rotatable bonds is 4. The molecule has 84 valence electrons. The third-order valence-electron chi connectivity index (χ3n) is 1.95. The summed E-state index contributed by atoms with van der Waals surface area (Å²) in [5, 5.41) is 0. The summed E-state index contributed by atoms with van der Waals surface area (Å²) in [4.78, 5) is 22.3. The van der Waals surface area contributed by atoms with E-state index >= 15 is 0 Å². The largest absolute Gasteiger partial charge is 0.497 e. The highest BCUT2D eigenvalue weighted by molar-refractivity contribution is 6.07. The van der Waals surface area contributed by atoms with Crippen molar-refractivity contribution in [3.05, 3.63) is 42.0 Å². The first-order valence-electron chi connectivity index (χ1n) is 4.62. The summed E-state index contributed by atoms with van der Waals surface area (Å²) >= 11 is 0. The SMILES string of the molecule is COC(=O)/C=C\C(=O)c1ccc(OC)cc1. The van der Waals surface area contributed by atoms with Gasteiger partial charge in [-0.2, -0.15) is 0 Å². The number of hydrogen-bond acceptors (Lipinski definition) is 4. The van der Waals surface area contributed by atoms with Crippen LogP contribution in [0.25, 0.3) is 0 Å². The van der Waals surface area contributed by atoms with E-state index in [4.69, 9.17) is 4.74 Å². The van der Waals surface area contributed by atoms with Crippen molar-refractivity contribution in [2.24, 2.45) is 0 Å². The molecule has 0 radical (unpaired) electrons. The number of esters is 1. The second-order valence-corrected chi connectivity index (χ2v) is 2.95. The number of ether oxygens (including phenoxy) is 2. The number of methoxy groups -OCH3 is 2. The predicted molar refractivity (Wildman–Crippen MR) is 58.5 cm³/mol. The van der Waals surface area contributed by atoms with Crippen LogP contribution in [0.3, 0.4) is 0 Å². The molecule has 0 atom stereocenters. The fraction of sp³-hybridized carbons (Fsp3) is 0.167. The summed E-state index contributed by atoms with van der Waals surface area (Å²) in [6.07, 6.45) is 2.26. The highest BCUT2D eigenvalue weighted by Crippen LogP contribution is 2.11. The van der Waals surface area contributed by atoms with Gasteiger partial charge in [-0.15, -0.1) is 0 Å². The molecule has 0 saturated heterocycles.